The van der Waals surface area contributed by atoms with Crippen molar-refractivity contribution >= 4 is 38.5 Å². The standard InChI is InChI=1S/C14H11BrN2O2/c1-2-16-17-13(18)9-5-3-4-8-11(15)7-6-10(12(8)9)14(17)19/h3-7,16H,2H2,1H3. The quantitative estimate of drug-likeness (QED) is 0.866. The summed E-state index contributed by atoms with van der Waals surface area (Å²) < 4.78 is 0.880. The second kappa shape index (κ2) is 4.43. The van der Waals surface area contributed by atoms with Gasteiger partial charge in [0, 0.05) is 16.4 Å². The van der Waals surface area contributed by atoms with Gasteiger partial charge in [-0.3, -0.25) is 9.59 Å². The van der Waals surface area contributed by atoms with Crippen LogP contribution in [0, 0.1) is 0 Å². The van der Waals surface area contributed by atoms with Crippen LogP contribution in [0.1, 0.15) is 27.6 Å². The lowest BCUT2D eigenvalue weighted by Gasteiger charge is -2.27. The molecule has 1 aliphatic rings. The molecule has 19 heavy (non-hydrogen) atoms. The van der Waals surface area contributed by atoms with Crippen molar-refractivity contribution in [2.75, 3.05) is 6.54 Å². The summed E-state index contributed by atoms with van der Waals surface area (Å²) in [6, 6.07) is 9.05. The fraction of sp³-hybridized carbons (Fsp3) is 0.143. The highest BCUT2D eigenvalue weighted by Gasteiger charge is 2.32. The van der Waals surface area contributed by atoms with Crippen molar-refractivity contribution in [1.29, 1.82) is 0 Å². The van der Waals surface area contributed by atoms with Crippen molar-refractivity contribution < 1.29 is 9.59 Å². The van der Waals surface area contributed by atoms with Gasteiger partial charge in [-0.05, 0) is 23.6 Å². The van der Waals surface area contributed by atoms with Crippen LogP contribution in [-0.2, 0) is 0 Å². The molecule has 0 spiro atoms. The average Bonchev–Trinajstić information content (AvgIpc) is 2.42. The van der Waals surface area contributed by atoms with Crippen LogP contribution in [0.2, 0.25) is 0 Å². The molecule has 5 heteroatoms. The van der Waals surface area contributed by atoms with Crippen LogP contribution in [0.25, 0.3) is 10.8 Å². The van der Waals surface area contributed by atoms with E-state index in [1.165, 1.54) is 0 Å². The number of carbonyl (C=O) groups excluding carboxylic acids is 2. The van der Waals surface area contributed by atoms with Gasteiger partial charge in [0.15, 0.2) is 0 Å². The van der Waals surface area contributed by atoms with Crippen LogP contribution in [0.5, 0.6) is 0 Å². The Morgan fingerprint density at radius 2 is 1.79 bits per heavy atom. The molecule has 2 aromatic rings. The highest BCUT2D eigenvalue weighted by atomic mass is 79.9. The summed E-state index contributed by atoms with van der Waals surface area (Å²) >= 11 is 3.45. The molecule has 0 radical (unpaired) electrons. The fourth-order valence-electron chi connectivity index (χ4n) is 2.36. The smallest absolute Gasteiger partial charge is 0.267 e. The van der Waals surface area contributed by atoms with Gasteiger partial charge in [0.05, 0.1) is 11.1 Å². The van der Waals surface area contributed by atoms with Crippen molar-refractivity contribution in [3.8, 4) is 0 Å². The minimum absolute atomic E-state index is 0.303. The monoisotopic (exact) mass is 318 g/mol. The van der Waals surface area contributed by atoms with E-state index < -0.39 is 0 Å². The first-order chi connectivity index (χ1) is 9.15. The first-order valence-corrected chi connectivity index (χ1v) is 6.78. The summed E-state index contributed by atoms with van der Waals surface area (Å²) in [6.07, 6.45) is 0. The Hall–Kier alpha value is -1.72. The first-order valence-electron chi connectivity index (χ1n) is 5.98. The lowest BCUT2D eigenvalue weighted by atomic mass is 9.95. The molecule has 1 aliphatic heterocycles. The zero-order valence-corrected chi connectivity index (χ0v) is 11.8. The van der Waals surface area contributed by atoms with E-state index in [9.17, 15) is 9.59 Å². The number of rotatable bonds is 2. The van der Waals surface area contributed by atoms with Crippen molar-refractivity contribution in [1.82, 2.24) is 10.4 Å². The van der Waals surface area contributed by atoms with Gasteiger partial charge in [-0.2, -0.15) is 0 Å². The molecule has 3 rings (SSSR count). The summed E-state index contributed by atoms with van der Waals surface area (Å²) in [7, 11) is 0. The van der Waals surface area contributed by atoms with Crippen molar-refractivity contribution in [3.05, 3.63) is 45.9 Å². The van der Waals surface area contributed by atoms with Gasteiger partial charge in [0.2, 0.25) is 0 Å². The average molecular weight is 319 g/mol. The number of hydrogen-bond donors (Lipinski definition) is 1. The molecule has 2 aromatic carbocycles. The van der Waals surface area contributed by atoms with Gasteiger partial charge in [0.25, 0.3) is 11.8 Å². The molecule has 0 saturated carbocycles. The third-order valence-electron chi connectivity index (χ3n) is 3.17. The summed E-state index contributed by atoms with van der Waals surface area (Å²) in [5.41, 5.74) is 3.91. The highest BCUT2D eigenvalue weighted by molar-refractivity contribution is 9.10. The molecule has 96 valence electrons. The zero-order chi connectivity index (χ0) is 13.6. The lowest BCUT2D eigenvalue weighted by Crippen LogP contribution is -2.49. The number of hydrogen-bond acceptors (Lipinski definition) is 3. The topological polar surface area (TPSA) is 49.4 Å². The third kappa shape index (κ3) is 1.69. The van der Waals surface area contributed by atoms with Gasteiger partial charge < -0.3 is 0 Å². The van der Waals surface area contributed by atoms with Gasteiger partial charge >= 0.3 is 0 Å². The Morgan fingerprint density at radius 3 is 2.47 bits per heavy atom. The predicted octanol–water partition coefficient (Wildman–Crippen LogP) is 2.72. The number of imide groups is 1. The number of nitrogens with one attached hydrogen (secondary N) is 1. The second-order valence-corrected chi connectivity index (χ2v) is 5.13. The maximum atomic E-state index is 12.3. The normalized spacial score (nSPS) is 14.3. The number of benzene rings is 2. The van der Waals surface area contributed by atoms with E-state index in [-0.39, 0.29) is 11.8 Å². The summed E-state index contributed by atoms with van der Waals surface area (Å²) in [5, 5.41) is 2.69. The Balaban J connectivity index is 2.35. The Labute approximate surface area is 118 Å². The molecule has 0 aliphatic carbocycles. The SMILES string of the molecule is CCNN1C(=O)c2cccc3c(Br)ccc(c23)C1=O. The minimum atomic E-state index is -0.303. The molecule has 0 saturated heterocycles. The van der Waals surface area contributed by atoms with Crippen molar-refractivity contribution in [3.63, 3.8) is 0 Å². The molecule has 1 N–H and O–H groups in total. The molecule has 4 nitrogen and oxygen atoms in total. The van der Waals surface area contributed by atoms with Gasteiger partial charge in [-0.25, -0.2) is 10.4 Å². The van der Waals surface area contributed by atoms with Gasteiger partial charge in [-0.15, -0.1) is 0 Å². The van der Waals surface area contributed by atoms with Crippen LogP contribution in [0.3, 0.4) is 0 Å². The third-order valence-corrected chi connectivity index (χ3v) is 3.86. The second-order valence-electron chi connectivity index (χ2n) is 4.28. The first kappa shape index (κ1) is 12.3. The predicted molar refractivity (Wildman–Crippen MR) is 75.8 cm³/mol. The molecule has 0 unspecified atom stereocenters. The molecule has 0 fully saturated rings. The van der Waals surface area contributed by atoms with E-state index >= 15 is 0 Å². The largest absolute Gasteiger partial charge is 0.275 e. The van der Waals surface area contributed by atoms with Gasteiger partial charge in [0.1, 0.15) is 0 Å². The lowest BCUT2D eigenvalue weighted by molar-refractivity contribution is 0.0525. The maximum absolute atomic E-state index is 12.3. The van der Waals surface area contributed by atoms with Crippen molar-refractivity contribution in [2.24, 2.45) is 0 Å². The van der Waals surface area contributed by atoms with E-state index in [4.69, 9.17) is 0 Å². The number of carbonyl (C=O) groups is 2. The number of hydrazine groups is 1. The molecule has 1 heterocycles. The minimum Gasteiger partial charge on any atom is -0.267 e. The van der Waals surface area contributed by atoms with Crippen LogP contribution in [0.4, 0.5) is 0 Å². The Morgan fingerprint density at radius 1 is 1.11 bits per heavy atom. The molecular weight excluding hydrogens is 308 g/mol. The molecule has 0 atom stereocenters. The van der Waals surface area contributed by atoms with E-state index in [2.05, 4.69) is 21.4 Å². The van der Waals surface area contributed by atoms with E-state index in [1.54, 1.807) is 12.1 Å². The molecular formula is C14H11BrN2O2. The van der Waals surface area contributed by atoms with Crippen LogP contribution in [-0.4, -0.2) is 23.4 Å². The van der Waals surface area contributed by atoms with Crippen LogP contribution < -0.4 is 5.43 Å². The van der Waals surface area contributed by atoms with Crippen LogP contribution >= 0.6 is 15.9 Å². The maximum Gasteiger partial charge on any atom is 0.275 e. The van der Waals surface area contributed by atoms with E-state index in [1.807, 2.05) is 25.1 Å². The highest BCUT2D eigenvalue weighted by Crippen LogP contribution is 2.33. The molecule has 0 bridgehead atoms. The van der Waals surface area contributed by atoms with Gasteiger partial charge in [-0.1, -0.05) is 35.0 Å². The van der Waals surface area contributed by atoms with E-state index in [0.29, 0.717) is 17.7 Å². The fourth-order valence-corrected chi connectivity index (χ4v) is 2.82. The number of amides is 2. The molecule has 0 aromatic heterocycles. The van der Waals surface area contributed by atoms with Crippen LogP contribution in [0.15, 0.2) is 34.8 Å². The Kier molecular flexibility index (Phi) is 2.88. The Bertz CT molecular complexity index is 690. The zero-order valence-electron chi connectivity index (χ0n) is 10.2. The summed E-state index contributed by atoms with van der Waals surface area (Å²) in [6.45, 7) is 2.36. The van der Waals surface area contributed by atoms with Crippen molar-refractivity contribution in [2.45, 2.75) is 6.92 Å². The summed E-state index contributed by atoms with van der Waals surface area (Å²) in [4.78, 5) is 24.7. The van der Waals surface area contributed by atoms with E-state index in [0.717, 1.165) is 20.3 Å². The number of nitrogens with zero attached hydrogens (tertiary/aromatic N) is 1. The summed E-state index contributed by atoms with van der Waals surface area (Å²) in [5.74, 6) is -0.605. The molecule has 2 amide bonds. The number of halogens is 1.